The first-order valence-electron chi connectivity index (χ1n) is 21.5. The van der Waals surface area contributed by atoms with Gasteiger partial charge in [0.1, 0.15) is 0 Å². The van der Waals surface area contributed by atoms with Crippen LogP contribution >= 0.6 is 0 Å². The third kappa shape index (κ3) is 5.76. The van der Waals surface area contributed by atoms with E-state index in [0.717, 1.165) is 38.9 Å². The van der Waals surface area contributed by atoms with Gasteiger partial charge in [-0.1, -0.05) is 176 Å². The molecule has 2 aliphatic rings. The molecule has 0 aliphatic heterocycles. The topological polar surface area (TPSA) is 51.6 Å². The van der Waals surface area contributed by atoms with Crippen LogP contribution in [0, 0.1) is 13.8 Å². The second kappa shape index (κ2) is 14.5. The number of aryl methyl sites for hydroxylation is 2. The SMILES string of the molecule is Cc1cncc(C)c1-c1ccc2c(c1)C1(c3ccccc3-c3ccccc31)c1ccc(-c3nc(-c4ccccc4)nc(-c4ccc(-c5ccccc5)c(-c5ccccc5)c4)n3)cc1-2. The van der Waals surface area contributed by atoms with Crippen molar-refractivity contribution in [3.05, 3.63) is 240 Å². The summed E-state index contributed by atoms with van der Waals surface area (Å²) >= 11 is 0. The molecule has 2 aromatic heterocycles. The van der Waals surface area contributed by atoms with Gasteiger partial charge in [-0.2, -0.15) is 0 Å². The summed E-state index contributed by atoms with van der Waals surface area (Å²) in [5, 5.41) is 0. The predicted molar refractivity (Wildman–Crippen MR) is 256 cm³/mol. The number of pyridine rings is 1. The molecular weight excluding hydrogens is 765 g/mol. The normalized spacial score (nSPS) is 12.7. The molecule has 296 valence electrons. The Hall–Kier alpha value is -8.08. The summed E-state index contributed by atoms with van der Waals surface area (Å²) in [7, 11) is 0. The number of rotatable bonds is 6. The molecule has 2 aliphatic carbocycles. The largest absolute Gasteiger partial charge is 0.264 e. The first-order valence-corrected chi connectivity index (χ1v) is 21.5. The Bertz CT molecular complexity index is 3350. The Kier molecular flexibility index (Phi) is 8.48. The third-order valence-corrected chi connectivity index (χ3v) is 13.1. The molecule has 0 amide bonds. The maximum atomic E-state index is 5.32. The zero-order valence-corrected chi connectivity index (χ0v) is 34.9. The molecule has 0 atom stereocenters. The molecule has 0 saturated carbocycles. The summed E-state index contributed by atoms with van der Waals surface area (Å²) in [4.78, 5) is 20.2. The van der Waals surface area contributed by atoms with E-state index in [1.165, 1.54) is 66.8 Å². The van der Waals surface area contributed by atoms with Crippen LogP contribution in [-0.4, -0.2) is 19.9 Å². The molecule has 12 rings (SSSR count). The van der Waals surface area contributed by atoms with Crippen LogP contribution in [0.4, 0.5) is 0 Å². The minimum Gasteiger partial charge on any atom is -0.264 e. The van der Waals surface area contributed by atoms with E-state index in [2.05, 4.69) is 195 Å². The highest BCUT2D eigenvalue weighted by Gasteiger charge is 2.51. The van der Waals surface area contributed by atoms with Crippen molar-refractivity contribution in [3.63, 3.8) is 0 Å². The number of aromatic nitrogens is 4. The number of hydrogen-bond donors (Lipinski definition) is 0. The Morgan fingerprint density at radius 2 is 0.730 bits per heavy atom. The van der Waals surface area contributed by atoms with Crippen molar-refractivity contribution in [2.45, 2.75) is 19.3 Å². The van der Waals surface area contributed by atoms with Gasteiger partial charge >= 0.3 is 0 Å². The fourth-order valence-corrected chi connectivity index (χ4v) is 10.4. The molecule has 0 unspecified atom stereocenters. The Morgan fingerprint density at radius 1 is 0.302 bits per heavy atom. The Morgan fingerprint density at radius 3 is 1.33 bits per heavy atom. The number of benzene rings is 8. The summed E-state index contributed by atoms with van der Waals surface area (Å²) in [5.74, 6) is 1.89. The van der Waals surface area contributed by atoms with Gasteiger partial charge in [-0.05, 0) is 121 Å². The van der Waals surface area contributed by atoms with Crippen LogP contribution in [0.25, 0.3) is 89.8 Å². The molecular formula is C59H40N4. The summed E-state index contributed by atoms with van der Waals surface area (Å²) in [6, 6.07) is 69.8. The van der Waals surface area contributed by atoms with Crippen molar-refractivity contribution in [1.29, 1.82) is 0 Å². The fraction of sp³-hybridized carbons (Fsp3) is 0.0508. The van der Waals surface area contributed by atoms with Gasteiger partial charge in [0.25, 0.3) is 0 Å². The van der Waals surface area contributed by atoms with E-state index in [-0.39, 0.29) is 0 Å². The molecule has 4 nitrogen and oxygen atoms in total. The second-order valence-electron chi connectivity index (χ2n) is 16.7. The molecule has 63 heavy (non-hydrogen) atoms. The van der Waals surface area contributed by atoms with E-state index in [0.29, 0.717) is 17.5 Å². The molecule has 2 heterocycles. The molecule has 4 heteroatoms. The molecule has 0 saturated heterocycles. The Balaban J connectivity index is 1.08. The van der Waals surface area contributed by atoms with Crippen LogP contribution in [0.3, 0.4) is 0 Å². The quantitative estimate of drug-likeness (QED) is 0.168. The first-order chi connectivity index (χ1) is 31.1. The zero-order valence-electron chi connectivity index (χ0n) is 34.9. The molecule has 0 radical (unpaired) electrons. The van der Waals surface area contributed by atoms with E-state index >= 15 is 0 Å². The maximum Gasteiger partial charge on any atom is 0.164 e. The van der Waals surface area contributed by atoms with Crippen LogP contribution < -0.4 is 0 Å². The second-order valence-corrected chi connectivity index (χ2v) is 16.7. The highest BCUT2D eigenvalue weighted by Crippen LogP contribution is 2.63. The van der Waals surface area contributed by atoms with Crippen molar-refractivity contribution in [2.24, 2.45) is 0 Å². The smallest absolute Gasteiger partial charge is 0.164 e. The summed E-state index contributed by atoms with van der Waals surface area (Å²) < 4.78 is 0. The van der Waals surface area contributed by atoms with Gasteiger partial charge in [-0.25, -0.2) is 15.0 Å². The van der Waals surface area contributed by atoms with Gasteiger partial charge in [0.05, 0.1) is 5.41 Å². The van der Waals surface area contributed by atoms with E-state index < -0.39 is 5.41 Å². The van der Waals surface area contributed by atoms with Crippen LogP contribution in [0.15, 0.2) is 207 Å². The van der Waals surface area contributed by atoms with Crippen LogP contribution in [0.5, 0.6) is 0 Å². The van der Waals surface area contributed by atoms with Gasteiger partial charge in [-0.15, -0.1) is 0 Å². The number of fused-ring (bicyclic) bond motifs is 10. The van der Waals surface area contributed by atoms with E-state index in [4.69, 9.17) is 15.0 Å². The summed E-state index contributed by atoms with van der Waals surface area (Å²) in [6.07, 6.45) is 3.94. The summed E-state index contributed by atoms with van der Waals surface area (Å²) in [6.45, 7) is 4.32. The zero-order chi connectivity index (χ0) is 42.1. The fourth-order valence-electron chi connectivity index (χ4n) is 10.4. The van der Waals surface area contributed by atoms with Gasteiger partial charge in [0, 0.05) is 29.1 Å². The number of hydrogen-bond acceptors (Lipinski definition) is 4. The Labute approximate surface area is 367 Å². The lowest BCUT2D eigenvalue weighted by molar-refractivity contribution is 0.794. The molecule has 10 aromatic rings. The van der Waals surface area contributed by atoms with Gasteiger partial charge in [0.2, 0.25) is 0 Å². The predicted octanol–water partition coefficient (Wildman–Crippen LogP) is 14.2. The van der Waals surface area contributed by atoms with E-state index in [1.807, 2.05) is 30.6 Å². The lowest BCUT2D eigenvalue weighted by Crippen LogP contribution is -2.25. The average Bonchev–Trinajstić information content (AvgIpc) is 3.81. The molecule has 0 bridgehead atoms. The minimum absolute atomic E-state index is 0.505. The van der Waals surface area contributed by atoms with E-state index in [9.17, 15) is 0 Å². The van der Waals surface area contributed by atoms with Gasteiger partial charge in [-0.3, -0.25) is 4.98 Å². The van der Waals surface area contributed by atoms with Crippen molar-refractivity contribution >= 4 is 0 Å². The van der Waals surface area contributed by atoms with Gasteiger partial charge < -0.3 is 0 Å². The third-order valence-electron chi connectivity index (χ3n) is 13.1. The van der Waals surface area contributed by atoms with Crippen molar-refractivity contribution in [1.82, 2.24) is 19.9 Å². The first kappa shape index (κ1) is 36.7. The van der Waals surface area contributed by atoms with Crippen LogP contribution in [-0.2, 0) is 5.41 Å². The van der Waals surface area contributed by atoms with E-state index in [1.54, 1.807) is 0 Å². The molecule has 8 aromatic carbocycles. The van der Waals surface area contributed by atoms with Gasteiger partial charge in [0.15, 0.2) is 17.5 Å². The molecule has 1 spiro atoms. The highest BCUT2D eigenvalue weighted by atomic mass is 15.0. The van der Waals surface area contributed by atoms with Crippen molar-refractivity contribution in [2.75, 3.05) is 0 Å². The molecule has 0 fully saturated rings. The number of nitrogens with zero attached hydrogens (tertiary/aromatic N) is 4. The summed E-state index contributed by atoms with van der Waals surface area (Å²) in [5.41, 5.74) is 21.7. The minimum atomic E-state index is -0.505. The van der Waals surface area contributed by atoms with Crippen molar-refractivity contribution < 1.29 is 0 Å². The molecule has 0 N–H and O–H groups in total. The maximum absolute atomic E-state index is 5.32. The monoisotopic (exact) mass is 804 g/mol. The lowest BCUT2D eigenvalue weighted by Gasteiger charge is -2.31. The van der Waals surface area contributed by atoms with Crippen molar-refractivity contribution in [3.8, 4) is 89.8 Å². The average molecular weight is 805 g/mol. The standard InChI is InChI=1S/C59H40N4/c1-37-35-60-36-38(2)55(37)42-26-30-48-50-33-44(28-31-53(50)59(54(48)34-42)51-24-14-12-22-46(51)47-23-13-15-25-52(47)59)58-62-56(41-20-10-5-11-21-41)61-57(63-58)43-27-29-45(39-16-6-3-7-17-39)49(32-43)40-18-8-4-9-19-40/h3-36H,1-2H3. The van der Waals surface area contributed by atoms with Crippen LogP contribution in [0.2, 0.25) is 0 Å². The van der Waals surface area contributed by atoms with Crippen LogP contribution in [0.1, 0.15) is 33.4 Å². The highest BCUT2D eigenvalue weighted by molar-refractivity contribution is 5.97. The lowest BCUT2D eigenvalue weighted by atomic mass is 9.70.